The molecule has 0 atom stereocenters. The van der Waals surface area contributed by atoms with Crippen LogP contribution in [0.5, 0.6) is 0 Å². The Labute approximate surface area is 126 Å². The average molecular weight is 359 g/mol. The summed E-state index contributed by atoms with van der Waals surface area (Å²) in [4.78, 5) is 0.126. The van der Waals surface area contributed by atoms with Crippen LogP contribution in [-0.2, 0) is 23.7 Å². The first kappa shape index (κ1) is 15.1. The van der Waals surface area contributed by atoms with E-state index in [1.54, 1.807) is 23.7 Å². The number of aromatic nitrogens is 1. The second kappa shape index (κ2) is 5.59. The number of aliphatic hydroxyl groups excluding tert-OH is 1. The quantitative estimate of drug-likeness (QED) is 0.881. The molecule has 0 aliphatic heterocycles. The molecule has 1 heterocycles. The number of nitrogens with one attached hydrogen (secondary N) is 1. The van der Waals surface area contributed by atoms with Gasteiger partial charge in [0.1, 0.15) is 4.90 Å². The molecule has 108 valence electrons. The molecule has 0 spiro atoms. The van der Waals surface area contributed by atoms with Gasteiger partial charge in [-0.1, -0.05) is 22.0 Å². The molecule has 2 rings (SSSR count). The third-order valence-electron chi connectivity index (χ3n) is 2.98. The van der Waals surface area contributed by atoms with E-state index in [-0.39, 0.29) is 11.5 Å². The standard InChI is InChI=1S/C13H15BrN2O3S/c1-9-3-4-10(5-13(9)14)15-20(18,19)12-6-11(8-17)16(2)7-12/h3-7,15,17H,8H2,1-2H3. The second-order valence-electron chi connectivity index (χ2n) is 4.51. The smallest absolute Gasteiger partial charge is 0.263 e. The summed E-state index contributed by atoms with van der Waals surface area (Å²) in [6, 6.07) is 6.69. The highest BCUT2D eigenvalue weighted by Gasteiger charge is 2.17. The lowest BCUT2D eigenvalue weighted by Crippen LogP contribution is -2.12. The number of hydrogen-bond acceptors (Lipinski definition) is 3. The molecule has 0 amide bonds. The third kappa shape index (κ3) is 3.05. The number of benzene rings is 1. The zero-order valence-corrected chi connectivity index (χ0v) is 13.5. The molecule has 0 saturated heterocycles. The van der Waals surface area contributed by atoms with E-state index in [4.69, 9.17) is 5.11 Å². The van der Waals surface area contributed by atoms with Crippen molar-refractivity contribution in [3.8, 4) is 0 Å². The first-order valence-electron chi connectivity index (χ1n) is 5.88. The summed E-state index contributed by atoms with van der Waals surface area (Å²) in [5, 5.41) is 9.11. The van der Waals surface area contributed by atoms with E-state index in [0.717, 1.165) is 10.0 Å². The Morgan fingerprint density at radius 3 is 2.60 bits per heavy atom. The minimum Gasteiger partial charge on any atom is -0.390 e. The van der Waals surface area contributed by atoms with Crippen molar-refractivity contribution in [1.82, 2.24) is 4.57 Å². The first-order chi connectivity index (χ1) is 9.33. The Hall–Kier alpha value is -1.31. The van der Waals surface area contributed by atoms with E-state index in [0.29, 0.717) is 11.4 Å². The van der Waals surface area contributed by atoms with Crippen molar-refractivity contribution in [2.45, 2.75) is 18.4 Å². The lowest BCUT2D eigenvalue weighted by Gasteiger charge is -2.08. The van der Waals surface area contributed by atoms with E-state index in [2.05, 4.69) is 20.7 Å². The predicted octanol–water partition coefficient (Wildman–Crippen LogP) is 2.39. The van der Waals surface area contributed by atoms with Crippen LogP contribution >= 0.6 is 15.9 Å². The number of nitrogens with zero attached hydrogens (tertiary/aromatic N) is 1. The number of aryl methyl sites for hydroxylation is 2. The summed E-state index contributed by atoms with van der Waals surface area (Å²) in [5.41, 5.74) is 2.04. The molecule has 1 aromatic carbocycles. The molecule has 5 nitrogen and oxygen atoms in total. The van der Waals surface area contributed by atoms with Crippen LogP contribution in [0.4, 0.5) is 5.69 Å². The SMILES string of the molecule is Cc1ccc(NS(=O)(=O)c2cc(CO)n(C)c2)cc1Br. The highest BCUT2D eigenvalue weighted by atomic mass is 79.9. The fraction of sp³-hybridized carbons (Fsp3) is 0.231. The van der Waals surface area contributed by atoms with E-state index in [1.165, 1.54) is 12.3 Å². The lowest BCUT2D eigenvalue weighted by atomic mass is 10.2. The Morgan fingerprint density at radius 1 is 1.35 bits per heavy atom. The number of aliphatic hydroxyl groups is 1. The number of halogens is 1. The van der Waals surface area contributed by atoms with Crippen molar-refractivity contribution in [3.05, 3.63) is 46.2 Å². The lowest BCUT2D eigenvalue weighted by molar-refractivity contribution is 0.272. The minimum atomic E-state index is -3.66. The van der Waals surface area contributed by atoms with Gasteiger partial charge in [-0.15, -0.1) is 0 Å². The third-order valence-corrected chi connectivity index (χ3v) is 5.18. The molecule has 0 aliphatic carbocycles. The second-order valence-corrected chi connectivity index (χ2v) is 7.04. The molecule has 0 aliphatic rings. The summed E-state index contributed by atoms with van der Waals surface area (Å²) >= 11 is 3.36. The number of anilines is 1. The summed E-state index contributed by atoms with van der Waals surface area (Å²) < 4.78 is 29.4. The van der Waals surface area contributed by atoms with Crippen molar-refractivity contribution in [1.29, 1.82) is 0 Å². The van der Waals surface area contributed by atoms with Gasteiger partial charge >= 0.3 is 0 Å². The summed E-state index contributed by atoms with van der Waals surface area (Å²) in [5.74, 6) is 0. The molecule has 20 heavy (non-hydrogen) atoms. The highest BCUT2D eigenvalue weighted by molar-refractivity contribution is 9.10. The van der Waals surface area contributed by atoms with Gasteiger partial charge in [0.05, 0.1) is 6.61 Å². The maximum Gasteiger partial charge on any atom is 0.263 e. The predicted molar refractivity (Wildman–Crippen MR) is 81.0 cm³/mol. The Balaban J connectivity index is 2.32. The number of rotatable bonds is 4. The topological polar surface area (TPSA) is 71.3 Å². The van der Waals surface area contributed by atoms with Crippen LogP contribution in [0.2, 0.25) is 0 Å². The van der Waals surface area contributed by atoms with Gasteiger partial charge in [0.25, 0.3) is 10.0 Å². The van der Waals surface area contributed by atoms with Crippen molar-refractivity contribution < 1.29 is 13.5 Å². The van der Waals surface area contributed by atoms with Crippen molar-refractivity contribution in [2.24, 2.45) is 7.05 Å². The highest BCUT2D eigenvalue weighted by Crippen LogP contribution is 2.23. The average Bonchev–Trinajstić information content (AvgIpc) is 2.76. The molecule has 0 unspecified atom stereocenters. The molecule has 0 saturated carbocycles. The summed E-state index contributed by atoms with van der Waals surface area (Å²) in [6.45, 7) is 1.72. The van der Waals surface area contributed by atoms with Crippen LogP contribution in [0.3, 0.4) is 0 Å². The van der Waals surface area contributed by atoms with Crippen LogP contribution in [0.15, 0.2) is 39.8 Å². The summed E-state index contributed by atoms with van der Waals surface area (Å²) in [7, 11) is -1.97. The Bertz CT molecular complexity index is 738. The van der Waals surface area contributed by atoms with Gasteiger partial charge in [0.2, 0.25) is 0 Å². The van der Waals surface area contributed by atoms with Crippen LogP contribution in [0.1, 0.15) is 11.3 Å². The van der Waals surface area contributed by atoms with Crippen molar-refractivity contribution in [3.63, 3.8) is 0 Å². The fourth-order valence-corrected chi connectivity index (χ4v) is 3.27. The molecule has 0 fully saturated rings. The molecule has 1 aromatic heterocycles. The van der Waals surface area contributed by atoms with E-state index in [1.807, 2.05) is 13.0 Å². The fourth-order valence-electron chi connectivity index (χ4n) is 1.75. The van der Waals surface area contributed by atoms with E-state index < -0.39 is 10.0 Å². The maximum atomic E-state index is 12.3. The number of sulfonamides is 1. The van der Waals surface area contributed by atoms with Crippen LogP contribution < -0.4 is 4.72 Å². The van der Waals surface area contributed by atoms with Gasteiger partial charge in [-0.3, -0.25) is 4.72 Å². The minimum absolute atomic E-state index is 0.126. The molecular formula is C13H15BrN2O3S. The van der Waals surface area contributed by atoms with Crippen molar-refractivity contribution >= 4 is 31.6 Å². The monoisotopic (exact) mass is 358 g/mol. The largest absolute Gasteiger partial charge is 0.390 e. The van der Waals surface area contributed by atoms with Gasteiger partial charge < -0.3 is 9.67 Å². The summed E-state index contributed by atoms with van der Waals surface area (Å²) in [6.07, 6.45) is 1.47. The van der Waals surface area contributed by atoms with Gasteiger partial charge in [0, 0.05) is 29.1 Å². The molecule has 2 N–H and O–H groups in total. The maximum absolute atomic E-state index is 12.3. The zero-order valence-electron chi connectivity index (χ0n) is 11.1. The Kier molecular flexibility index (Phi) is 4.22. The molecule has 7 heteroatoms. The van der Waals surface area contributed by atoms with Crippen LogP contribution in [0, 0.1) is 6.92 Å². The molecular weight excluding hydrogens is 344 g/mol. The molecule has 0 bridgehead atoms. The Morgan fingerprint density at radius 2 is 2.05 bits per heavy atom. The first-order valence-corrected chi connectivity index (χ1v) is 8.16. The normalized spacial score (nSPS) is 11.6. The van der Waals surface area contributed by atoms with Gasteiger partial charge in [0.15, 0.2) is 0 Å². The van der Waals surface area contributed by atoms with Crippen LogP contribution in [0.25, 0.3) is 0 Å². The van der Waals surface area contributed by atoms with Crippen molar-refractivity contribution in [2.75, 3.05) is 4.72 Å². The number of hydrogen-bond donors (Lipinski definition) is 2. The molecule has 2 aromatic rings. The van der Waals surface area contributed by atoms with E-state index in [9.17, 15) is 8.42 Å². The zero-order chi connectivity index (χ0) is 14.9. The van der Waals surface area contributed by atoms with Crippen LogP contribution in [-0.4, -0.2) is 18.1 Å². The van der Waals surface area contributed by atoms with E-state index >= 15 is 0 Å². The molecule has 0 radical (unpaired) electrons. The van der Waals surface area contributed by atoms with Gasteiger partial charge in [-0.25, -0.2) is 8.42 Å². The van der Waals surface area contributed by atoms with Gasteiger partial charge in [-0.2, -0.15) is 0 Å². The van der Waals surface area contributed by atoms with Gasteiger partial charge in [-0.05, 0) is 30.7 Å².